The summed E-state index contributed by atoms with van der Waals surface area (Å²) in [7, 11) is 3.59. The summed E-state index contributed by atoms with van der Waals surface area (Å²) >= 11 is 0. The van der Waals surface area contributed by atoms with Crippen molar-refractivity contribution in [3.63, 3.8) is 0 Å². The van der Waals surface area contributed by atoms with Crippen LogP contribution >= 0.6 is 0 Å². The van der Waals surface area contributed by atoms with Crippen LogP contribution in [0.15, 0.2) is 36.7 Å². The van der Waals surface area contributed by atoms with Gasteiger partial charge in [0, 0.05) is 52.2 Å². The molecule has 1 aliphatic rings. The second-order valence-corrected chi connectivity index (χ2v) is 6.31. The fourth-order valence-electron chi connectivity index (χ4n) is 3.25. The lowest BCUT2D eigenvalue weighted by Crippen LogP contribution is -2.51. The molecule has 0 spiro atoms. The van der Waals surface area contributed by atoms with Crippen molar-refractivity contribution in [3.8, 4) is 0 Å². The normalized spacial score (nSPS) is 17.2. The largest absolute Gasteiger partial charge is 0.360 e. The molecule has 1 unspecified atom stereocenters. The minimum absolute atomic E-state index is 0.0104. The molecule has 3 rings (SSSR count). The summed E-state index contributed by atoms with van der Waals surface area (Å²) in [6.07, 6.45) is 3.57. The van der Waals surface area contributed by atoms with E-state index in [9.17, 15) is 14.9 Å². The quantitative estimate of drug-likeness (QED) is 0.631. The first kappa shape index (κ1) is 17.9. The molecule has 1 N–H and O–H groups in total. The van der Waals surface area contributed by atoms with Crippen LogP contribution in [0.5, 0.6) is 0 Å². The predicted molar refractivity (Wildman–Crippen MR) is 96.9 cm³/mol. The van der Waals surface area contributed by atoms with E-state index in [1.807, 2.05) is 17.8 Å². The van der Waals surface area contributed by atoms with Crippen molar-refractivity contribution >= 4 is 17.3 Å². The maximum absolute atomic E-state index is 12.9. The Labute approximate surface area is 151 Å². The van der Waals surface area contributed by atoms with Gasteiger partial charge in [-0.05, 0) is 6.07 Å². The number of anilines is 1. The maximum atomic E-state index is 12.9. The summed E-state index contributed by atoms with van der Waals surface area (Å²) in [5.41, 5.74) is 0.415. The van der Waals surface area contributed by atoms with E-state index >= 15 is 0 Å². The number of nitro benzene ring substituents is 1. The van der Waals surface area contributed by atoms with Gasteiger partial charge < -0.3 is 19.7 Å². The Morgan fingerprint density at radius 3 is 2.92 bits per heavy atom. The van der Waals surface area contributed by atoms with Gasteiger partial charge in [0.15, 0.2) is 0 Å². The fourth-order valence-corrected chi connectivity index (χ4v) is 3.25. The molecule has 9 nitrogen and oxygen atoms in total. The molecule has 138 valence electrons. The molecule has 2 heterocycles. The van der Waals surface area contributed by atoms with Crippen LogP contribution in [-0.2, 0) is 11.8 Å². The Bertz CT molecular complexity index is 805. The first-order valence-corrected chi connectivity index (χ1v) is 8.41. The number of nitrogens with zero attached hydrogens (tertiary/aromatic N) is 5. The van der Waals surface area contributed by atoms with Gasteiger partial charge in [0.2, 0.25) is 5.91 Å². The van der Waals surface area contributed by atoms with Crippen LogP contribution in [-0.4, -0.2) is 58.5 Å². The summed E-state index contributed by atoms with van der Waals surface area (Å²) in [5.74, 6) is 0.735. The highest BCUT2D eigenvalue weighted by Gasteiger charge is 2.31. The number of hydrogen-bond donors (Lipinski definition) is 1. The van der Waals surface area contributed by atoms with E-state index in [0.717, 1.165) is 5.82 Å². The second kappa shape index (κ2) is 7.52. The molecule has 1 aromatic heterocycles. The molecule has 9 heteroatoms. The number of likely N-dealkylation sites (N-methyl/N-ethyl adjacent to an activating group) is 1. The molecule has 1 saturated heterocycles. The van der Waals surface area contributed by atoms with Crippen molar-refractivity contribution in [1.82, 2.24) is 19.8 Å². The molecule has 2 aromatic rings. The standard InChI is InChI=1S/C17H22N6O3/c1-20-9-8-19-17(20)15-11-18-7-10-22(15)16(24)12-21(2)13-5-3-4-6-14(13)23(25)26/h3-6,8-9,15,18H,7,10-12H2,1-2H3. The van der Waals surface area contributed by atoms with Crippen LogP contribution in [0, 0.1) is 10.1 Å². The monoisotopic (exact) mass is 358 g/mol. The Morgan fingerprint density at radius 2 is 2.23 bits per heavy atom. The van der Waals surface area contributed by atoms with Gasteiger partial charge in [0.1, 0.15) is 17.6 Å². The third kappa shape index (κ3) is 3.52. The zero-order valence-electron chi connectivity index (χ0n) is 14.8. The van der Waals surface area contributed by atoms with E-state index in [0.29, 0.717) is 25.3 Å². The lowest BCUT2D eigenvalue weighted by molar-refractivity contribution is -0.384. The molecule has 0 saturated carbocycles. The molecule has 0 radical (unpaired) electrons. The van der Waals surface area contributed by atoms with Gasteiger partial charge in [0.25, 0.3) is 5.69 Å². The van der Waals surface area contributed by atoms with Crippen LogP contribution in [0.2, 0.25) is 0 Å². The number of amides is 1. The number of piperazine rings is 1. The van der Waals surface area contributed by atoms with E-state index in [1.165, 1.54) is 6.07 Å². The molecular formula is C17H22N6O3. The molecule has 1 atom stereocenters. The number of carbonyl (C=O) groups excluding carboxylic acids is 1. The van der Waals surface area contributed by atoms with Gasteiger partial charge in [-0.3, -0.25) is 14.9 Å². The molecule has 26 heavy (non-hydrogen) atoms. The first-order chi connectivity index (χ1) is 12.5. The summed E-state index contributed by atoms with van der Waals surface area (Å²) < 4.78 is 1.91. The molecule has 1 aliphatic heterocycles. The van der Waals surface area contributed by atoms with E-state index in [2.05, 4.69) is 10.3 Å². The molecule has 0 bridgehead atoms. The number of imidazole rings is 1. The lowest BCUT2D eigenvalue weighted by atomic mass is 10.1. The van der Waals surface area contributed by atoms with E-state index in [4.69, 9.17) is 0 Å². The number of para-hydroxylation sites is 2. The smallest absolute Gasteiger partial charge is 0.292 e. The Hall–Kier alpha value is -2.94. The van der Waals surface area contributed by atoms with E-state index < -0.39 is 4.92 Å². The Morgan fingerprint density at radius 1 is 1.46 bits per heavy atom. The minimum atomic E-state index is -0.433. The van der Waals surface area contributed by atoms with Gasteiger partial charge in [-0.15, -0.1) is 0 Å². The number of aryl methyl sites for hydroxylation is 1. The molecular weight excluding hydrogens is 336 g/mol. The lowest BCUT2D eigenvalue weighted by Gasteiger charge is -2.36. The second-order valence-electron chi connectivity index (χ2n) is 6.31. The number of benzene rings is 1. The van der Waals surface area contributed by atoms with Crippen molar-refractivity contribution < 1.29 is 9.72 Å². The topological polar surface area (TPSA) is 96.5 Å². The summed E-state index contributed by atoms with van der Waals surface area (Å²) in [5, 5.41) is 14.5. The number of hydrogen-bond acceptors (Lipinski definition) is 6. The van der Waals surface area contributed by atoms with Gasteiger partial charge in [-0.25, -0.2) is 4.98 Å². The molecule has 1 amide bonds. The van der Waals surface area contributed by atoms with Crippen LogP contribution in [0.4, 0.5) is 11.4 Å². The van der Waals surface area contributed by atoms with Crippen molar-refractivity contribution in [2.24, 2.45) is 7.05 Å². The summed E-state index contributed by atoms with van der Waals surface area (Å²) in [6.45, 7) is 1.97. The van der Waals surface area contributed by atoms with E-state index in [1.54, 1.807) is 41.2 Å². The van der Waals surface area contributed by atoms with Crippen molar-refractivity contribution in [2.45, 2.75) is 6.04 Å². The Kier molecular flexibility index (Phi) is 5.17. The zero-order valence-corrected chi connectivity index (χ0v) is 14.8. The first-order valence-electron chi connectivity index (χ1n) is 8.41. The molecule has 1 fully saturated rings. The van der Waals surface area contributed by atoms with Gasteiger partial charge >= 0.3 is 0 Å². The highest BCUT2D eigenvalue weighted by Crippen LogP contribution is 2.27. The number of aromatic nitrogens is 2. The van der Waals surface area contributed by atoms with Gasteiger partial charge in [0.05, 0.1) is 11.5 Å². The van der Waals surface area contributed by atoms with Crippen molar-refractivity contribution in [2.75, 3.05) is 38.1 Å². The third-order valence-corrected chi connectivity index (χ3v) is 4.58. The minimum Gasteiger partial charge on any atom is -0.360 e. The predicted octanol–water partition coefficient (Wildman–Crippen LogP) is 0.938. The van der Waals surface area contributed by atoms with E-state index in [-0.39, 0.29) is 24.2 Å². The summed E-state index contributed by atoms with van der Waals surface area (Å²) in [4.78, 5) is 31.5. The number of nitro groups is 1. The number of carbonyl (C=O) groups is 1. The fraction of sp³-hybridized carbons (Fsp3) is 0.412. The number of nitrogens with one attached hydrogen (secondary N) is 1. The molecule has 0 aliphatic carbocycles. The van der Waals surface area contributed by atoms with Crippen LogP contribution in [0.25, 0.3) is 0 Å². The van der Waals surface area contributed by atoms with Crippen LogP contribution < -0.4 is 10.2 Å². The average Bonchev–Trinajstić information content (AvgIpc) is 3.07. The number of rotatable bonds is 5. The zero-order chi connectivity index (χ0) is 18.7. The maximum Gasteiger partial charge on any atom is 0.292 e. The average molecular weight is 358 g/mol. The van der Waals surface area contributed by atoms with Crippen LogP contribution in [0.3, 0.4) is 0 Å². The van der Waals surface area contributed by atoms with Crippen molar-refractivity contribution in [3.05, 3.63) is 52.6 Å². The van der Waals surface area contributed by atoms with Gasteiger partial charge in [-0.1, -0.05) is 12.1 Å². The van der Waals surface area contributed by atoms with Crippen LogP contribution in [0.1, 0.15) is 11.9 Å². The Balaban J connectivity index is 1.78. The molecule has 1 aromatic carbocycles. The van der Waals surface area contributed by atoms with Gasteiger partial charge in [-0.2, -0.15) is 0 Å². The van der Waals surface area contributed by atoms with Crippen molar-refractivity contribution in [1.29, 1.82) is 0 Å². The summed E-state index contributed by atoms with van der Waals surface area (Å²) in [6, 6.07) is 6.28. The third-order valence-electron chi connectivity index (χ3n) is 4.58. The highest BCUT2D eigenvalue weighted by molar-refractivity contribution is 5.83. The SMILES string of the molecule is CN(CC(=O)N1CCNCC1c1nccn1C)c1ccccc1[N+](=O)[O-]. The highest BCUT2D eigenvalue weighted by atomic mass is 16.6.